The van der Waals surface area contributed by atoms with Crippen molar-refractivity contribution < 1.29 is 24.5 Å². The molecule has 0 saturated heterocycles. The lowest BCUT2D eigenvalue weighted by molar-refractivity contribution is -0.143. The molecule has 0 aliphatic rings. The van der Waals surface area contributed by atoms with Gasteiger partial charge in [-0.15, -0.1) is 0 Å². The molecule has 2 atom stereocenters. The highest BCUT2D eigenvalue weighted by Gasteiger charge is 2.18. The molecular formula is C84H163NO5. The van der Waals surface area contributed by atoms with Crippen LogP contribution < -0.4 is 5.32 Å². The van der Waals surface area contributed by atoms with Crippen molar-refractivity contribution in [1.82, 2.24) is 5.32 Å². The Labute approximate surface area is 564 Å². The zero-order chi connectivity index (χ0) is 64.9. The van der Waals surface area contributed by atoms with Gasteiger partial charge in [0.15, 0.2) is 0 Å². The third-order valence-corrected chi connectivity index (χ3v) is 19.7. The molecule has 0 radical (unpaired) electrons. The van der Waals surface area contributed by atoms with Crippen molar-refractivity contribution in [1.29, 1.82) is 0 Å². The van der Waals surface area contributed by atoms with Crippen molar-refractivity contribution in [3.8, 4) is 0 Å². The fourth-order valence-electron chi connectivity index (χ4n) is 13.4. The van der Waals surface area contributed by atoms with E-state index in [1.54, 1.807) is 6.08 Å². The van der Waals surface area contributed by atoms with Gasteiger partial charge in [0.25, 0.3) is 0 Å². The first-order valence-electron chi connectivity index (χ1n) is 41.6. The van der Waals surface area contributed by atoms with Crippen molar-refractivity contribution >= 4 is 11.9 Å². The van der Waals surface area contributed by atoms with E-state index in [1.807, 2.05) is 6.08 Å². The SMILES string of the molecule is CCCCCCCCCCCCCCCCCCCCCCCC/C=C/C(O)C(CO)NC(=O)CCCCCCCCCCCCCCCCCCC/C=C\CCCCCCCCCCCCCCOC(=O)CCCCCCCCCCCCCCCCCC. The number of carbonyl (C=O) groups is 2. The summed E-state index contributed by atoms with van der Waals surface area (Å²) in [5.41, 5.74) is 0. The number of aliphatic hydroxyl groups is 2. The van der Waals surface area contributed by atoms with Crippen molar-refractivity contribution in [2.75, 3.05) is 13.2 Å². The number of esters is 1. The molecule has 2 unspecified atom stereocenters. The second-order valence-corrected chi connectivity index (χ2v) is 28.8. The molecule has 534 valence electrons. The predicted octanol–water partition coefficient (Wildman–Crippen LogP) is 27.6. The zero-order valence-corrected chi connectivity index (χ0v) is 61.4. The standard InChI is InChI=1S/C84H163NO5/c1-3-5-7-9-11-13-15-17-19-21-22-23-24-36-39-42-45-48-52-56-60-64-68-72-76-82(87)81(80-86)85-83(88)77-73-69-65-61-57-53-49-46-43-40-37-34-32-30-28-26-25-27-29-31-33-35-38-41-44-47-51-55-59-63-67-71-75-79-90-84(89)78-74-70-66-62-58-54-50-20-18-16-14-12-10-8-6-4-2/h29,31,72,76,81-82,86-87H,3-28,30,32-71,73-75,77-80H2,1-2H3,(H,85,88)/b31-29-,76-72+. The first-order valence-corrected chi connectivity index (χ1v) is 41.6. The number of unbranched alkanes of at least 4 members (excludes halogenated alkanes) is 66. The minimum absolute atomic E-state index is 0.0231. The summed E-state index contributed by atoms with van der Waals surface area (Å²) >= 11 is 0. The molecule has 0 spiro atoms. The average molecular weight is 1270 g/mol. The topological polar surface area (TPSA) is 95.9 Å². The first-order chi connectivity index (χ1) is 44.5. The van der Waals surface area contributed by atoms with Crippen molar-refractivity contribution in [3.05, 3.63) is 24.3 Å². The van der Waals surface area contributed by atoms with E-state index in [1.165, 1.54) is 411 Å². The van der Waals surface area contributed by atoms with Gasteiger partial charge in [-0.2, -0.15) is 0 Å². The minimum Gasteiger partial charge on any atom is -0.466 e. The van der Waals surface area contributed by atoms with Crippen LogP contribution in [0.2, 0.25) is 0 Å². The van der Waals surface area contributed by atoms with Gasteiger partial charge in [0.05, 0.1) is 25.4 Å². The molecule has 1 amide bonds. The molecule has 6 heteroatoms. The van der Waals surface area contributed by atoms with Crippen LogP contribution >= 0.6 is 0 Å². The average Bonchev–Trinajstić information content (AvgIpc) is 3.58. The second-order valence-electron chi connectivity index (χ2n) is 28.8. The van der Waals surface area contributed by atoms with E-state index in [2.05, 4.69) is 31.3 Å². The number of ether oxygens (including phenoxy) is 1. The number of carbonyl (C=O) groups excluding carboxylic acids is 2. The van der Waals surface area contributed by atoms with Gasteiger partial charge >= 0.3 is 5.97 Å². The van der Waals surface area contributed by atoms with E-state index in [-0.39, 0.29) is 18.5 Å². The Morgan fingerprint density at radius 1 is 0.300 bits per heavy atom. The maximum absolute atomic E-state index is 12.6. The Kier molecular flexibility index (Phi) is 78.3. The molecule has 3 N–H and O–H groups in total. The van der Waals surface area contributed by atoms with Gasteiger partial charge in [-0.25, -0.2) is 0 Å². The Morgan fingerprint density at radius 3 is 0.789 bits per heavy atom. The van der Waals surface area contributed by atoms with E-state index in [9.17, 15) is 19.8 Å². The summed E-state index contributed by atoms with van der Waals surface area (Å²) in [5, 5.41) is 23.3. The lowest BCUT2D eigenvalue weighted by Gasteiger charge is -2.20. The molecule has 0 fully saturated rings. The molecule has 0 heterocycles. The third-order valence-electron chi connectivity index (χ3n) is 19.7. The Morgan fingerprint density at radius 2 is 0.522 bits per heavy atom. The van der Waals surface area contributed by atoms with E-state index in [0.29, 0.717) is 19.4 Å². The number of aliphatic hydroxyl groups excluding tert-OH is 2. The molecule has 0 aliphatic heterocycles. The first kappa shape index (κ1) is 88.3. The summed E-state index contributed by atoms with van der Waals surface area (Å²) in [6, 6.07) is -0.627. The van der Waals surface area contributed by atoms with Gasteiger partial charge in [-0.1, -0.05) is 430 Å². The van der Waals surface area contributed by atoms with Gasteiger partial charge in [0.1, 0.15) is 0 Å². The summed E-state index contributed by atoms with van der Waals surface area (Å²) < 4.78 is 5.51. The van der Waals surface area contributed by atoms with Crippen LogP contribution in [0.15, 0.2) is 24.3 Å². The molecule has 90 heavy (non-hydrogen) atoms. The highest BCUT2D eigenvalue weighted by Crippen LogP contribution is 2.20. The molecule has 0 aromatic carbocycles. The smallest absolute Gasteiger partial charge is 0.305 e. The summed E-state index contributed by atoms with van der Waals surface area (Å²) in [4.78, 5) is 24.7. The van der Waals surface area contributed by atoms with Gasteiger partial charge in [0.2, 0.25) is 5.91 Å². The minimum atomic E-state index is -0.844. The van der Waals surface area contributed by atoms with Crippen LogP contribution in [0.3, 0.4) is 0 Å². The van der Waals surface area contributed by atoms with Crippen LogP contribution in [0.25, 0.3) is 0 Å². The molecule has 0 bridgehead atoms. The monoisotopic (exact) mass is 1270 g/mol. The quantitative estimate of drug-likeness (QED) is 0.0320. The normalized spacial score (nSPS) is 12.5. The summed E-state index contributed by atoms with van der Waals surface area (Å²) in [6.45, 7) is 4.97. The number of rotatable bonds is 79. The van der Waals surface area contributed by atoms with Crippen molar-refractivity contribution in [2.45, 2.75) is 488 Å². The van der Waals surface area contributed by atoms with Crippen LogP contribution in [0.1, 0.15) is 476 Å². The number of amides is 1. The van der Waals surface area contributed by atoms with Crippen LogP contribution in [0.4, 0.5) is 0 Å². The maximum atomic E-state index is 12.6. The van der Waals surface area contributed by atoms with Gasteiger partial charge in [-0.3, -0.25) is 9.59 Å². The van der Waals surface area contributed by atoms with Gasteiger partial charge < -0.3 is 20.3 Å². The number of allylic oxidation sites excluding steroid dienone is 3. The van der Waals surface area contributed by atoms with E-state index < -0.39 is 12.1 Å². The predicted molar refractivity (Wildman–Crippen MR) is 398 cm³/mol. The number of hydrogen-bond donors (Lipinski definition) is 3. The summed E-state index contributed by atoms with van der Waals surface area (Å²) in [7, 11) is 0. The van der Waals surface area contributed by atoms with E-state index in [0.717, 1.165) is 38.5 Å². The third kappa shape index (κ3) is 75.4. The Hall–Kier alpha value is -1.66. The molecule has 0 aromatic heterocycles. The molecule has 0 aromatic rings. The molecule has 0 saturated carbocycles. The second kappa shape index (κ2) is 79.8. The van der Waals surface area contributed by atoms with Crippen LogP contribution in [0.5, 0.6) is 0 Å². The zero-order valence-electron chi connectivity index (χ0n) is 61.4. The lowest BCUT2D eigenvalue weighted by Crippen LogP contribution is -2.45. The van der Waals surface area contributed by atoms with E-state index >= 15 is 0 Å². The largest absolute Gasteiger partial charge is 0.466 e. The Bertz CT molecular complexity index is 1410. The van der Waals surface area contributed by atoms with Crippen LogP contribution in [-0.4, -0.2) is 47.4 Å². The summed E-state index contributed by atoms with van der Waals surface area (Å²) in [5.74, 6) is -0.0362. The summed E-state index contributed by atoms with van der Waals surface area (Å²) in [6.07, 6.45) is 103. The highest BCUT2D eigenvalue weighted by atomic mass is 16.5. The maximum Gasteiger partial charge on any atom is 0.305 e. The fourth-order valence-corrected chi connectivity index (χ4v) is 13.4. The Balaban J connectivity index is 3.36. The van der Waals surface area contributed by atoms with Crippen LogP contribution in [-0.2, 0) is 14.3 Å². The fraction of sp³-hybridized carbons (Fsp3) is 0.929. The molecule has 0 rings (SSSR count). The van der Waals surface area contributed by atoms with Gasteiger partial charge in [0, 0.05) is 12.8 Å². The number of hydrogen-bond acceptors (Lipinski definition) is 5. The van der Waals surface area contributed by atoms with Gasteiger partial charge in [-0.05, 0) is 57.8 Å². The van der Waals surface area contributed by atoms with Crippen molar-refractivity contribution in [3.63, 3.8) is 0 Å². The van der Waals surface area contributed by atoms with Crippen LogP contribution in [0, 0.1) is 0 Å². The molecular weight excluding hydrogens is 1100 g/mol. The van der Waals surface area contributed by atoms with E-state index in [4.69, 9.17) is 4.74 Å². The molecule has 0 aliphatic carbocycles. The molecule has 6 nitrogen and oxygen atoms in total. The highest BCUT2D eigenvalue weighted by molar-refractivity contribution is 5.76. The lowest BCUT2D eigenvalue weighted by atomic mass is 10.0. The van der Waals surface area contributed by atoms with Crippen molar-refractivity contribution in [2.24, 2.45) is 0 Å². The number of nitrogens with one attached hydrogen (secondary N) is 1.